The molecule has 254 valence electrons. The molecule has 0 heterocycles. The van der Waals surface area contributed by atoms with Crippen molar-refractivity contribution in [2.45, 2.75) is 169 Å². The summed E-state index contributed by atoms with van der Waals surface area (Å²) >= 11 is 0. The van der Waals surface area contributed by atoms with Crippen molar-refractivity contribution in [3.8, 4) is 11.5 Å². The van der Waals surface area contributed by atoms with Gasteiger partial charge in [0.05, 0.1) is 18.9 Å². The summed E-state index contributed by atoms with van der Waals surface area (Å²) in [4.78, 5) is 0. The van der Waals surface area contributed by atoms with Crippen LogP contribution in [0.3, 0.4) is 0 Å². The van der Waals surface area contributed by atoms with E-state index in [0.29, 0.717) is 12.8 Å². The molecular weight excluding hydrogens is 554 g/mol. The van der Waals surface area contributed by atoms with E-state index in [0.717, 1.165) is 65.5 Å². The van der Waals surface area contributed by atoms with Gasteiger partial charge >= 0.3 is 0 Å². The Hall–Kier alpha value is -2.49. The van der Waals surface area contributed by atoms with Gasteiger partial charge in [0.25, 0.3) is 0 Å². The molecular formula is C41H67NO3. The van der Waals surface area contributed by atoms with Crippen LogP contribution in [0.2, 0.25) is 0 Å². The van der Waals surface area contributed by atoms with Gasteiger partial charge in [-0.15, -0.1) is 0 Å². The number of rotatable bonds is 28. The molecule has 0 radical (unpaired) electrons. The first-order chi connectivity index (χ1) is 22.1. The van der Waals surface area contributed by atoms with Gasteiger partial charge < -0.3 is 14.7 Å². The number of hydrogen-bond acceptors (Lipinski definition) is 4. The number of ether oxygens (including phenoxy) is 2. The SMILES string of the molecule is CCCCCCCCCCCCOc1c(C)cccc1CC(Cc1cccc(C)c1OCCCCCCCCCCCC)=NO. The second kappa shape index (κ2) is 25.7. The second-order valence-corrected chi connectivity index (χ2v) is 13.2. The molecule has 0 fully saturated rings. The van der Waals surface area contributed by atoms with Crippen LogP contribution in [0, 0.1) is 13.8 Å². The minimum Gasteiger partial charge on any atom is -0.493 e. The third kappa shape index (κ3) is 17.1. The topological polar surface area (TPSA) is 51.0 Å². The molecule has 0 saturated carbocycles. The zero-order chi connectivity index (χ0) is 32.4. The van der Waals surface area contributed by atoms with E-state index in [2.05, 4.69) is 69.2 Å². The van der Waals surface area contributed by atoms with Gasteiger partial charge in [-0.25, -0.2) is 0 Å². The van der Waals surface area contributed by atoms with Crippen molar-refractivity contribution in [1.29, 1.82) is 0 Å². The predicted octanol–water partition coefficient (Wildman–Crippen LogP) is 12.5. The highest BCUT2D eigenvalue weighted by molar-refractivity contribution is 5.89. The Morgan fingerprint density at radius 1 is 0.511 bits per heavy atom. The molecule has 0 aliphatic rings. The van der Waals surface area contributed by atoms with Gasteiger partial charge in [0.1, 0.15) is 11.5 Å². The van der Waals surface area contributed by atoms with E-state index in [1.165, 1.54) is 116 Å². The standard InChI is InChI=1S/C41H67NO3/c1-5-7-9-11-13-15-17-19-21-23-31-44-40-35(3)27-25-29-37(40)33-39(42-43)34-38-30-26-28-36(4)41(38)45-32-24-22-20-18-16-14-12-10-8-6-2/h25-30,43H,5-24,31-34H2,1-4H3. The molecule has 0 atom stereocenters. The summed E-state index contributed by atoms with van der Waals surface area (Å²) in [6.07, 6.45) is 27.4. The number of nitrogens with zero attached hydrogens (tertiary/aromatic N) is 1. The summed E-state index contributed by atoms with van der Waals surface area (Å²) in [6.45, 7) is 10.2. The van der Waals surface area contributed by atoms with Crippen LogP contribution in [0.25, 0.3) is 0 Å². The molecule has 2 rings (SSSR count). The van der Waals surface area contributed by atoms with Crippen molar-refractivity contribution in [2.75, 3.05) is 13.2 Å². The minimum atomic E-state index is 0.553. The highest BCUT2D eigenvalue weighted by Crippen LogP contribution is 2.28. The van der Waals surface area contributed by atoms with Crippen molar-refractivity contribution >= 4 is 5.71 Å². The van der Waals surface area contributed by atoms with Gasteiger partial charge in [0.15, 0.2) is 0 Å². The smallest absolute Gasteiger partial charge is 0.125 e. The zero-order valence-electron chi connectivity index (χ0n) is 29.6. The Balaban J connectivity index is 1.79. The quantitative estimate of drug-likeness (QED) is 0.0445. The van der Waals surface area contributed by atoms with Crippen LogP contribution in [0.5, 0.6) is 11.5 Å². The lowest BCUT2D eigenvalue weighted by molar-refractivity contribution is 0.298. The van der Waals surface area contributed by atoms with Gasteiger partial charge in [0, 0.05) is 24.0 Å². The summed E-state index contributed by atoms with van der Waals surface area (Å²) in [7, 11) is 0. The van der Waals surface area contributed by atoms with Crippen LogP contribution in [-0.2, 0) is 12.8 Å². The van der Waals surface area contributed by atoms with E-state index in [-0.39, 0.29) is 0 Å². The van der Waals surface area contributed by atoms with Crippen LogP contribution < -0.4 is 9.47 Å². The third-order valence-corrected chi connectivity index (χ3v) is 9.01. The Bertz CT molecular complexity index is 968. The lowest BCUT2D eigenvalue weighted by Gasteiger charge is -2.17. The maximum absolute atomic E-state index is 10.0. The first kappa shape index (κ1) is 38.7. The molecule has 0 aromatic heterocycles. The average Bonchev–Trinajstić information content (AvgIpc) is 3.04. The molecule has 0 amide bonds. The molecule has 2 aromatic rings. The van der Waals surface area contributed by atoms with Gasteiger partial charge in [-0.3, -0.25) is 0 Å². The van der Waals surface area contributed by atoms with Crippen molar-refractivity contribution in [3.63, 3.8) is 0 Å². The molecule has 4 nitrogen and oxygen atoms in total. The van der Waals surface area contributed by atoms with Crippen molar-refractivity contribution < 1.29 is 14.7 Å². The number of para-hydroxylation sites is 2. The fourth-order valence-corrected chi connectivity index (χ4v) is 6.22. The highest BCUT2D eigenvalue weighted by Gasteiger charge is 2.15. The molecule has 45 heavy (non-hydrogen) atoms. The largest absolute Gasteiger partial charge is 0.493 e. The first-order valence-electron chi connectivity index (χ1n) is 18.7. The lowest BCUT2D eigenvalue weighted by Crippen LogP contribution is -2.12. The molecule has 2 aromatic carbocycles. The maximum Gasteiger partial charge on any atom is 0.125 e. The Labute approximate surface area is 277 Å². The molecule has 0 saturated heterocycles. The monoisotopic (exact) mass is 622 g/mol. The Morgan fingerprint density at radius 2 is 0.844 bits per heavy atom. The normalized spacial score (nSPS) is 11.1. The molecule has 1 N–H and O–H groups in total. The summed E-state index contributed by atoms with van der Waals surface area (Å²) in [5.41, 5.74) is 5.14. The average molecular weight is 622 g/mol. The number of aryl methyl sites for hydroxylation is 2. The van der Waals surface area contributed by atoms with Crippen LogP contribution in [0.15, 0.2) is 41.6 Å². The van der Waals surface area contributed by atoms with Gasteiger partial charge in [-0.2, -0.15) is 0 Å². The Morgan fingerprint density at radius 3 is 1.18 bits per heavy atom. The minimum absolute atomic E-state index is 0.553. The zero-order valence-corrected chi connectivity index (χ0v) is 29.6. The lowest BCUT2D eigenvalue weighted by atomic mass is 9.98. The number of hydrogen-bond donors (Lipinski definition) is 1. The summed E-state index contributed by atoms with van der Waals surface area (Å²) in [6, 6.07) is 12.6. The van der Waals surface area contributed by atoms with Gasteiger partial charge in [0.2, 0.25) is 0 Å². The summed E-state index contributed by atoms with van der Waals surface area (Å²) in [5, 5.41) is 13.8. The molecule has 4 heteroatoms. The van der Waals surface area contributed by atoms with E-state index in [4.69, 9.17) is 9.47 Å². The van der Waals surface area contributed by atoms with E-state index >= 15 is 0 Å². The van der Waals surface area contributed by atoms with Crippen LogP contribution >= 0.6 is 0 Å². The second-order valence-electron chi connectivity index (χ2n) is 13.2. The van der Waals surface area contributed by atoms with Crippen molar-refractivity contribution in [2.24, 2.45) is 5.16 Å². The molecule has 0 spiro atoms. The van der Waals surface area contributed by atoms with E-state index in [1.54, 1.807) is 0 Å². The van der Waals surface area contributed by atoms with Crippen LogP contribution in [-0.4, -0.2) is 24.1 Å². The fraction of sp³-hybridized carbons (Fsp3) is 0.683. The Kier molecular flexibility index (Phi) is 22.1. The number of benzene rings is 2. The summed E-state index contributed by atoms with van der Waals surface area (Å²) < 4.78 is 12.7. The van der Waals surface area contributed by atoms with Crippen molar-refractivity contribution in [3.05, 3.63) is 58.7 Å². The van der Waals surface area contributed by atoms with Gasteiger partial charge in [-0.1, -0.05) is 171 Å². The van der Waals surface area contributed by atoms with Crippen LogP contribution in [0.1, 0.15) is 165 Å². The predicted molar refractivity (Wildman–Crippen MR) is 194 cm³/mol. The van der Waals surface area contributed by atoms with Gasteiger partial charge in [-0.05, 0) is 37.8 Å². The fourth-order valence-electron chi connectivity index (χ4n) is 6.22. The van der Waals surface area contributed by atoms with Crippen LogP contribution in [0.4, 0.5) is 0 Å². The number of unbranched alkanes of at least 4 members (excludes halogenated alkanes) is 18. The van der Waals surface area contributed by atoms with Crippen molar-refractivity contribution in [1.82, 2.24) is 0 Å². The van der Waals surface area contributed by atoms with E-state index < -0.39 is 0 Å². The third-order valence-electron chi connectivity index (χ3n) is 9.01. The first-order valence-corrected chi connectivity index (χ1v) is 18.7. The molecule has 0 aliphatic heterocycles. The molecule has 0 aliphatic carbocycles. The highest BCUT2D eigenvalue weighted by atomic mass is 16.5. The maximum atomic E-state index is 10.0. The van der Waals surface area contributed by atoms with E-state index in [9.17, 15) is 5.21 Å². The summed E-state index contributed by atoms with van der Waals surface area (Å²) in [5.74, 6) is 1.88. The molecule has 0 unspecified atom stereocenters. The van der Waals surface area contributed by atoms with E-state index in [1.807, 2.05) is 0 Å². The number of oxime groups is 1. The molecule has 0 bridgehead atoms.